The highest BCUT2D eigenvalue weighted by Gasteiger charge is 2.39. The Kier molecular flexibility index (Phi) is 5.79. The van der Waals surface area contributed by atoms with E-state index in [4.69, 9.17) is 0 Å². The van der Waals surface area contributed by atoms with Crippen LogP contribution in [0.3, 0.4) is 0 Å². The standard InChI is InChI=1S/C24H31N3O/c1-2-25-24(20-9-5-3-6-10-20)15-13-21(14-16-24)26-17-18-27(23(28)19-26)22-11-7-4-8-12-22/h3-12,21,25H,2,13-19H2,1H3. The Morgan fingerprint density at radius 1 is 0.964 bits per heavy atom. The summed E-state index contributed by atoms with van der Waals surface area (Å²) in [5, 5.41) is 3.78. The third-order valence-corrected chi connectivity index (χ3v) is 6.48. The van der Waals surface area contributed by atoms with Crippen LogP contribution in [0.5, 0.6) is 0 Å². The molecular formula is C24H31N3O. The minimum absolute atomic E-state index is 0.0857. The summed E-state index contributed by atoms with van der Waals surface area (Å²) in [6.45, 7) is 5.46. The smallest absolute Gasteiger partial charge is 0.241 e. The Bertz CT molecular complexity index is 769. The number of hydrogen-bond donors (Lipinski definition) is 1. The predicted octanol–water partition coefficient (Wildman–Crippen LogP) is 3.78. The van der Waals surface area contributed by atoms with Gasteiger partial charge in [-0.3, -0.25) is 9.69 Å². The molecule has 1 saturated heterocycles. The van der Waals surface area contributed by atoms with Crippen LogP contribution >= 0.6 is 0 Å². The van der Waals surface area contributed by atoms with Gasteiger partial charge in [-0.25, -0.2) is 0 Å². The van der Waals surface area contributed by atoms with Crippen LogP contribution in [0, 0.1) is 0 Å². The monoisotopic (exact) mass is 377 g/mol. The molecule has 1 N–H and O–H groups in total. The molecule has 1 heterocycles. The van der Waals surface area contributed by atoms with E-state index in [1.54, 1.807) is 0 Å². The summed E-state index contributed by atoms with van der Waals surface area (Å²) in [4.78, 5) is 17.1. The van der Waals surface area contributed by atoms with Gasteiger partial charge in [0.1, 0.15) is 0 Å². The van der Waals surface area contributed by atoms with Crippen molar-refractivity contribution < 1.29 is 4.79 Å². The number of carbonyl (C=O) groups excluding carboxylic acids is 1. The van der Waals surface area contributed by atoms with Gasteiger partial charge in [0, 0.05) is 30.4 Å². The van der Waals surface area contributed by atoms with Gasteiger partial charge in [0.2, 0.25) is 5.91 Å². The van der Waals surface area contributed by atoms with Crippen LogP contribution in [0.25, 0.3) is 0 Å². The van der Waals surface area contributed by atoms with Crippen LogP contribution in [0.1, 0.15) is 38.2 Å². The Hall–Kier alpha value is -2.17. The topological polar surface area (TPSA) is 35.6 Å². The molecule has 0 aromatic heterocycles. The fourth-order valence-corrected chi connectivity index (χ4v) is 5.01. The molecule has 4 rings (SSSR count). The molecule has 2 aromatic carbocycles. The number of piperazine rings is 1. The second kappa shape index (κ2) is 8.46. The van der Waals surface area contributed by atoms with Crippen LogP contribution in [0.2, 0.25) is 0 Å². The molecule has 1 amide bonds. The lowest BCUT2D eigenvalue weighted by Gasteiger charge is -2.46. The third-order valence-electron chi connectivity index (χ3n) is 6.48. The Morgan fingerprint density at radius 3 is 2.21 bits per heavy atom. The largest absolute Gasteiger partial charge is 0.310 e. The van der Waals surface area contributed by atoms with E-state index >= 15 is 0 Å². The number of carbonyl (C=O) groups is 1. The summed E-state index contributed by atoms with van der Waals surface area (Å²) in [7, 11) is 0. The van der Waals surface area contributed by atoms with E-state index in [1.165, 1.54) is 5.56 Å². The molecule has 148 valence electrons. The van der Waals surface area contributed by atoms with Crippen molar-refractivity contribution in [2.24, 2.45) is 0 Å². The average Bonchev–Trinajstić information content (AvgIpc) is 2.76. The number of nitrogens with one attached hydrogen (secondary N) is 1. The first-order valence-electron chi connectivity index (χ1n) is 10.6. The Balaban J connectivity index is 1.40. The van der Waals surface area contributed by atoms with Crippen LogP contribution in [0.15, 0.2) is 60.7 Å². The first-order valence-corrected chi connectivity index (χ1v) is 10.6. The van der Waals surface area contributed by atoms with Gasteiger partial charge in [0.05, 0.1) is 6.54 Å². The molecule has 0 radical (unpaired) electrons. The van der Waals surface area contributed by atoms with Crippen molar-refractivity contribution in [2.75, 3.05) is 31.1 Å². The molecule has 0 bridgehead atoms. The maximum absolute atomic E-state index is 12.8. The zero-order chi connectivity index (χ0) is 19.4. The SMILES string of the molecule is CCNC1(c2ccccc2)CCC(N2CCN(c3ccccc3)C(=O)C2)CC1. The highest BCUT2D eigenvalue weighted by molar-refractivity contribution is 5.95. The molecular weight excluding hydrogens is 346 g/mol. The zero-order valence-corrected chi connectivity index (χ0v) is 16.8. The van der Waals surface area contributed by atoms with Crippen molar-refractivity contribution in [1.29, 1.82) is 0 Å². The maximum Gasteiger partial charge on any atom is 0.241 e. The number of rotatable bonds is 5. The minimum Gasteiger partial charge on any atom is -0.310 e. The lowest BCUT2D eigenvalue weighted by atomic mass is 9.74. The van der Waals surface area contributed by atoms with E-state index in [0.29, 0.717) is 12.6 Å². The van der Waals surface area contributed by atoms with Crippen molar-refractivity contribution >= 4 is 11.6 Å². The summed E-state index contributed by atoms with van der Waals surface area (Å²) >= 11 is 0. The second-order valence-corrected chi connectivity index (χ2v) is 8.06. The fraction of sp³-hybridized carbons (Fsp3) is 0.458. The molecule has 0 spiro atoms. The molecule has 2 aliphatic rings. The lowest BCUT2D eigenvalue weighted by Crippen LogP contribution is -2.56. The summed E-state index contributed by atoms with van der Waals surface area (Å²) in [6.07, 6.45) is 4.53. The Morgan fingerprint density at radius 2 is 1.61 bits per heavy atom. The molecule has 4 heteroatoms. The van der Waals surface area contributed by atoms with E-state index in [-0.39, 0.29) is 11.4 Å². The molecule has 4 nitrogen and oxygen atoms in total. The van der Waals surface area contributed by atoms with Gasteiger partial charge in [-0.05, 0) is 49.9 Å². The third kappa shape index (κ3) is 3.85. The van der Waals surface area contributed by atoms with E-state index in [1.807, 2.05) is 35.2 Å². The van der Waals surface area contributed by atoms with Gasteiger partial charge < -0.3 is 10.2 Å². The lowest BCUT2D eigenvalue weighted by molar-refractivity contribution is -0.122. The molecule has 1 aliphatic carbocycles. The first-order chi connectivity index (χ1) is 13.7. The number of anilines is 1. The van der Waals surface area contributed by atoms with E-state index in [9.17, 15) is 4.79 Å². The number of nitrogens with zero attached hydrogens (tertiary/aromatic N) is 2. The molecule has 28 heavy (non-hydrogen) atoms. The van der Waals surface area contributed by atoms with Crippen LogP contribution in [0.4, 0.5) is 5.69 Å². The average molecular weight is 378 g/mol. The molecule has 0 unspecified atom stereocenters. The fourth-order valence-electron chi connectivity index (χ4n) is 5.01. The van der Waals surface area contributed by atoms with Crippen molar-refractivity contribution in [2.45, 2.75) is 44.2 Å². The molecule has 2 fully saturated rings. The van der Waals surface area contributed by atoms with E-state index in [0.717, 1.165) is 51.0 Å². The van der Waals surface area contributed by atoms with Gasteiger partial charge in [-0.15, -0.1) is 0 Å². The van der Waals surface area contributed by atoms with Gasteiger partial charge >= 0.3 is 0 Å². The highest BCUT2D eigenvalue weighted by Crippen LogP contribution is 2.39. The Labute approximate surface area is 168 Å². The molecule has 1 saturated carbocycles. The molecule has 1 aliphatic heterocycles. The maximum atomic E-state index is 12.8. The number of hydrogen-bond acceptors (Lipinski definition) is 3. The van der Waals surface area contributed by atoms with Gasteiger partial charge in [-0.2, -0.15) is 0 Å². The van der Waals surface area contributed by atoms with E-state index < -0.39 is 0 Å². The highest BCUT2D eigenvalue weighted by atomic mass is 16.2. The number of para-hydroxylation sites is 1. The predicted molar refractivity (Wildman–Crippen MR) is 114 cm³/mol. The van der Waals surface area contributed by atoms with Crippen LogP contribution in [-0.4, -0.2) is 43.0 Å². The molecule has 2 aromatic rings. The summed E-state index contributed by atoms with van der Waals surface area (Å²) in [5.41, 5.74) is 2.51. The minimum atomic E-state index is 0.0857. The summed E-state index contributed by atoms with van der Waals surface area (Å²) < 4.78 is 0. The quantitative estimate of drug-likeness (QED) is 0.861. The van der Waals surface area contributed by atoms with Crippen molar-refractivity contribution in [1.82, 2.24) is 10.2 Å². The first kappa shape index (κ1) is 19.2. The number of amides is 1. The normalized spacial score (nSPS) is 26.4. The van der Waals surface area contributed by atoms with Gasteiger partial charge in [-0.1, -0.05) is 55.5 Å². The number of benzene rings is 2. The second-order valence-electron chi connectivity index (χ2n) is 8.06. The molecule has 0 atom stereocenters. The summed E-state index contributed by atoms with van der Waals surface area (Å²) in [6, 6.07) is 21.4. The van der Waals surface area contributed by atoms with E-state index in [2.05, 4.69) is 47.5 Å². The van der Waals surface area contributed by atoms with Gasteiger partial charge in [0.15, 0.2) is 0 Å². The summed E-state index contributed by atoms with van der Waals surface area (Å²) in [5.74, 6) is 0.226. The van der Waals surface area contributed by atoms with Crippen molar-refractivity contribution in [3.05, 3.63) is 66.2 Å². The van der Waals surface area contributed by atoms with Crippen molar-refractivity contribution in [3.8, 4) is 0 Å². The zero-order valence-electron chi connectivity index (χ0n) is 16.8. The van der Waals surface area contributed by atoms with Crippen LogP contribution in [-0.2, 0) is 10.3 Å². The van der Waals surface area contributed by atoms with Gasteiger partial charge in [0.25, 0.3) is 0 Å². The van der Waals surface area contributed by atoms with Crippen LogP contribution < -0.4 is 10.2 Å². The van der Waals surface area contributed by atoms with Crippen molar-refractivity contribution in [3.63, 3.8) is 0 Å².